The van der Waals surface area contributed by atoms with Crippen LogP contribution in [0.2, 0.25) is 0 Å². The molecule has 0 atom stereocenters. The van der Waals surface area contributed by atoms with Crippen molar-refractivity contribution in [3.05, 3.63) is 212 Å². The fourth-order valence-electron chi connectivity index (χ4n) is 8.74. The first-order valence-corrected chi connectivity index (χ1v) is 25.0. The molecular formula is C71H94N4+4. The van der Waals surface area contributed by atoms with Gasteiger partial charge >= 0.3 is 0 Å². The number of rotatable bonds is 7. The van der Waals surface area contributed by atoms with Crippen molar-refractivity contribution in [2.75, 3.05) is 0 Å². The molecule has 0 aliphatic heterocycles. The van der Waals surface area contributed by atoms with Gasteiger partial charge in [-0.1, -0.05) is 95.9 Å². The topological polar surface area (TPSA) is 15.5 Å². The van der Waals surface area contributed by atoms with E-state index in [1.54, 1.807) is 129 Å². The van der Waals surface area contributed by atoms with Crippen LogP contribution < -0.4 is 18.3 Å². The summed E-state index contributed by atoms with van der Waals surface area (Å²) in [4.78, 5) is 0. The van der Waals surface area contributed by atoms with Crippen molar-refractivity contribution < 1.29 is 51.2 Å². The molecule has 0 saturated heterocycles. The Balaban J connectivity index is 0.000000238. The SMILES string of the molecule is [2H]C([2H])([2H])c1ccc(-c2cc(C([2H])([2H])C(C)(C)C)cc[n+]2C)c(C)c1.[2H]C([2H])([2H])c1ccc(-c2cc(C)c(C([2H])([2H])C([2H])([2H])[2H])cc2C)[n+](C)c1.[2H]C([2H])([2H])c1ccc(-c2cc(C)c(C([2H])([2H])[2H])cc2C)[n+](C)c1.[2H]C([2H])([2H])c1ccc(-c2ccc(C([2H])([2H])C(C)(C)C)c[n+]2C)c(C)c1. The summed E-state index contributed by atoms with van der Waals surface area (Å²) >= 11 is 0. The van der Waals surface area contributed by atoms with Crippen LogP contribution in [0, 0.1) is 86.6 Å². The first-order valence-electron chi connectivity index (χ1n) is 37.0. The molecule has 0 spiro atoms. The summed E-state index contributed by atoms with van der Waals surface area (Å²) in [5.74, 6) is 0. The number of nitrogens with zero attached hydrogens (tertiary/aromatic N) is 4. The Morgan fingerprint density at radius 2 is 0.827 bits per heavy atom. The van der Waals surface area contributed by atoms with E-state index >= 15 is 0 Å². The molecule has 4 aromatic carbocycles. The summed E-state index contributed by atoms with van der Waals surface area (Å²) in [6.07, 6.45) is 1.42. The number of aryl methyl sites for hydroxylation is 16. The Morgan fingerprint density at radius 1 is 0.373 bits per heavy atom. The standard InChI is InChI=1S/2C19H26N.C17H22N.C16H20N/c1-14-7-9-17(15(2)11-14)18-10-8-16(13-20(18)6)12-19(3,4)5;1-14-7-8-17(15(2)11-14)18-12-16(9-10-20(18)6)13-19(3,4)5;1-6-15-9-14(4)16(10-13(15)3)17-8-7-12(2)11-18(17)5;1-11-6-7-16(17(5)10-11)15-9-13(3)12(2)8-14(15)4/h7-11,13H,12H2,1-6H3;7-12H,13H2,1-6H3;7-11H,6H2,1-5H3;6-10H,1-5H3/q4*+1/i1D3,12D2;1D3,13D2;1D3,2D3,6D2;1D3,2D3. The predicted molar refractivity (Wildman–Crippen MR) is 320 cm³/mol. The minimum absolute atomic E-state index is 0.139. The molecule has 4 nitrogen and oxygen atoms in total. The quantitative estimate of drug-likeness (QED) is 0.141. The van der Waals surface area contributed by atoms with E-state index in [4.69, 9.17) is 32.9 Å². The zero-order valence-corrected chi connectivity index (χ0v) is 47.0. The van der Waals surface area contributed by atoms with Crippen molar-refractivity contribution in [2.24, 2.45) is 39.0 Å². The van der Waals surface area contributed by atoms with Crippen molar-refractivity contribution in [3.63, 3.8) is 0 Å². The normalized spacial score (nSPS) is 17.5. The first-order chi connectivity index (χ1) is 44.6. The maximum atomic E-state index is 8.50. The highest BCUT2D eigenvalue weighted by Gasteiger charge is 2.20. The van der Waals surface area contributed by atoms with Crippen LogP contribution in [0.4, 0.5) is 0 Å². The zero-order valence-electron chi connectivity index (χ0n) is 71.0. The number of benzene rings is 4. The van der Waals surface area contributed by atoms with Crippen molar-refractivity contribution >= 4 is 0 Å². The van der Waals surface area contributed by atoms with E-state index in [1.165, 1.54) is 0 Å². The van der Waals surface area contributed by atoms with Gasteiger partial charge in [-0.2, -0.15) is 0 Å². The second-order valence-electron chi connectivity index (χ2n) is 21.6. The summed E-state index contributed by atoms with van der Waals surface area (Å²) in [5, 5.41) is 0. The molecule has 0 aliphatic rings. The molecule has 4 aromatic heterocycles. The van der Waals surface area contributed by atoms with Gasteiger partial charge in [-0.25, -0.2) is 18.3 Å². The van der Waals surface area contributed by atoms with Crippen molar-refractivity contribution in [1.82, 2.24) is 0 Å². The van der Waals surface area contributed by atoms with Gasteiger partial charge in [-0.3, -0.25) is 0 Å². The second-order valence-corrected chi connectivity index (χ2v) is 21.6. The lowest BCUT2D eigenvalue weighted by Gasteiger charge is -2.18. The summed E-state index contributed by atoms with van der Waals surface area (Å²) in [6, 6.07) is 31.1. The summed E-state index contributed by atoms with van der Waals surface area (Å²) in [5.41, 5.74) is 13.3. The number of hydrogen-bond acceptors (Lipinski definition) is 0. The fourth-order valence-corrected chi connectivity index (χ4v) is 8.74. The number of pyridine rings is 4. The summed E-state index contributed by atoms with van der Waals surface area (Å²) in [7, 11) is 7.32. The summed E-state index contributed by atoms with van der Waals surface area (Å²) < 4.78 is 193. The van der Waals surface area contributed by atoms with Gasteiger partial charge in [-0.05, 0) is 198 Å². The van der Waals surface area contributed by atoms with E-state index in [0.29, 0.717) is 38.9 Å². The largest absolute Gasteiger partial charge is 0.212 e. The van der Waals surface area contributed by atoms with Gasteiger partial charge in [0.25, 0.3) is 0 Å². The Labute approximate surface area is 489 Å². The van der Waals surface area contributed by atoms with Gasteiger partial charge in [0.1, 0.15) is 28.2 Å². The van der Waals surface area contributed by atoms with E-state index in [9.17, 15) is 0 Å². The molecule has 0 N–H and O–H groups in total. The molecular weight excluding hydrogens is 909 g/mol. The van der Waals surface area contributed by atoms with Crippen LogP contribution in [-0.4, -0.2) is 0 Å². The van der Waals surface area contributed by atoms with E-state index in [2.05, 4.69) is 0 Å². The molecule has 0 saturated carbocycles. The highest BCUT2D eigenvalue weighted by Crippen LogP contribution is 2.29. The molecule has 0 aliphatic carbocycles. The smallest absolute Gasteiger partial charge is 0.201 e. The molecule has 4 heteroatoms. The second kappa shape index (κ2) is 25.3. The lowest BCUT2D eigenvalue weighted by atomic mass is 9.88. The molecule has 394 valence electrons. The number of hydrogen-bond donors (Lipinski definition) is 0. The van der Waals surface area contributed by atoms with E-state index in [1.807, 2.05) is 134 Å². The van der Waals surface area contributed by atoms with Crippen LogP contribution in [0.15, 0.2) is 134 Å². The van der Waals surface area contributed by atoms with Crippen LogP contribution >= 0.6 is 0 Å². The maximum Gasteiger partial charge on any atom is 0.212 e. The van der Waals surface area contributed by atoms with Gasteiger partial charge in [0.15, 0.2) is 24.8 Å². The van der Waals surface area contributed by atoms with Crippen LogP contribution in [0.1, 0.15) is 159 Å². The van der Waals surface area contributed by atoms with Crippen molar-refractivity contribution in [1.29, 1.82) is 0 Å². The van der Waals surface area contributed by atoms with Crippen molar-refractivity contribution in [3.8, 4) is 45.0 Å². The van der Waals surface area contributed by atoms with Gasteiger partial charge in [0, 0.05) is 102 Å². The van der Waals surface area contributed by atoms with Gasteiger partial charge in [0.05, 0.1) is 0 Å². The van der Waals surface area contributed by atoms with Crippen LogP contribution in [0.5, 0.6) is 0 Å². The van der Waals surface area contributed by atoms with Gasteiger partial charge in [-0.15, -0.1) is 0 Å². The molecule has 0 bridgehead atoms. The molecule has 0 unspecified atom stereocenters. The first kappa shape index (κ1) is 33.5. The highest BCUT2D eigenvalue weighted by molar-refractivity contribution is 5.65. The average molecular weight is 1030 g/mol. The molecule has 8 rings (SSSR count). The van der Waals surface area contributed by atoms with Crippen LogP contribution in [0.3, 0.4) is 0 Å². The third-order valence-corrected chi connectivity index (χ3v) is 12.4. The third-order valence-electron chi connectivity index (χ3n) is 12.4. The van der Waals surface area contributed by atoms with Crippen LogP contribution in [-0.2, 0) is 47.3 Å². The van der Waals surface area contributed by atoms with Gasteiger partial charge < -0.3 is 0 Å². The fraction of sp³-hybridized carbons (Fsp3) is 0.380. The van der Waals surface area contributed by atoms with Gasteiger partial charge in [0.2, 0.25) is 22.8 Å². The zero-order chi connectivity index (χ0) is 76.1. The third kappa shape index (κ3) is 16.7. The Kier molecular flexibility index (Phi) is 11.3. The Hall–Kier alpha value is -6.52. The highest BCUT2D eigenvalue weighted by atomic mass is 14.9. The monoisotopic (exact) mass is 1030 g/mol. The van der Waals surface area contributed by atoms with Crippen LogP contribution in [0.25, 0.3) is 45.0 Å². The van der Waals surface area contributed by atoms with Crippen molar-refractivity contribution in [2.45, 2.75) is 143 Å². The minimum atomic E-state index is -2.77. The lowest BCUT2D eigenvalue weighted by molar-refractivity contribution is -0.661. The number of aromatic nitrogens is 4. The maximum absolute atomic E-state index is 8.50. The Morgan fingerprint density at radius 3 is 1.31 bits per heavy atom. The molecule has 8 aromatic rings. The lowest BCUT2D eigenvalue weighted by Crippen LogP contribution is -2.32. The summed E-state index contributed by atoms with van der Waals surface area (Å²) in [6.45, 7) is 8.72. The molecule has 0 radical (unpaired) electrons. The van der Waals surface area contributed by atoms with E-state index in [0.717, 1.165) is 67.3 Å². The molecule has 0 amide bonds. The molecule has 75 heavy (non-hydrogen) atoms. The predicted octanol–water partition coefficient (Wildman–Crippen LogP) is 15.8. The molecule has 4 heterocycles. The molecule has 0 fully saturated rings. The Bertz CT molecular complexity index is 4230. The average Bonchev–Trinajstić information content (AvgIpc) is 0.784. The minimum Gasteiger partial charge on any atom is -0.201 e. The van der Waals surface area contributed by atoms with E-state index < -0.39 is 71.1 Å². The van der Waals surface area contributed by atoms with E-state index in [-0.39, 0.29) is 16.7 Å².